The van der Waals surface area contributed by atoms with Gasteiger partial charge in [-0.2, -0.15) is 4.31 Å². The van der Waals surface area contributed by atoms with Crippen molar-refractivity contribution in [3.63, 3.8) is 0 Å². The van der Waals surface area contributed by atoms with Gasteiger partial charge in [0.25, 0.3) is 0 Å². The van der Waals surface area contributed by atoms with Crippen LogP contribution in [0.3, 0.4) is 0 Å². The largest absolute Gasteiger partial charge is 0.340 e. The number of unbranched alkanes of at least 4 members (excludes halogenated alkanes) is 1. The number of rotatable bonds is 8. The monoisotopic (exact) mass is 422 g/mol. The van der Waals surface area contributed by atoms with Gasteiger partial charge in [-0.15, -0.1) is 0 Å². The molecule has 1 aliphatic rings. The SMILES string of the molecule is CCCCN(C(=O)C1CCN(S(=O)(=O)c2c(C)cc(C)cc2C)CC1)C(C)CC. The molecular weight excluding hydrogens is 384 g/mol. The van der Waals surface area contributed by atoms with Crippen molar-refractivity contribution in [3.05, 3.63) is 28.8 Å². The Morgan fingerprint density at radius 3 is 2.17 bits per heavy atom. The van der Waals surface area contributed by atoms with Crippen molar-refractivity contribution >= 4 is 15.9 Å². The Bertz CT molecular complexity index is 788. The fourth-order valence-electron chi connectivity index (χ4n) is 4.38. The lowest BCUT2D eigenvalue weighted by Gasteiger charge is -2.36. The Labute approximate surface area is 177 Å². The third kappa shape index (κ3) is 5.40. The second kappa shape index (κ2) is 10.1. The highest BCUT2D eigenvalue weighted by atomic mass is 32.2. The van der Waals surface area contributed by atoms with Gasteiger partial charge >= 0.3 is 0 Å². The number of nitrogens with zero attached hydrogens (tertiary/aromatic N) is 2. The van der Waals surface area contributed by atoms with Crippen molar-refractivity contribution < 1.29 is 13.2 Å². The van der Waals surface area contributed by atoms with Crippen LogP contribution >= 0.6 is 0 Å². The van der Waals surface area contributed by atoms with Crippen LogP contribution in [-0.2, 0) is 14.8 Å². The van der Waals surface area contributed by atoms with E-state index in [2.05, 4.69) is 20.8 Å². The Morgan fingerprint density at radius 1 is 1.14 bits per heavy atom. The van der Waals surface area contributed by atoms with E-state index in [9.17, 15) is 13.2 Å². The molecule has 5 nitrogen and oxygen atoms in total. The molecule has 0 radical (unpaired) electrons. The van der Waals surface area contributed by atoms with E-state index in [-0.39, 0.29) is 17.9 Å². The summed E-state index contributed by atoms with van der Waals surface area (Å²) in [7, 11) is -3.54. The molecule has 0 aromatic heterocycles. The van der Waals surface area contributed by atoms with E-state index in [0.717, 1.165) is 42.5 Å². The number of piperidine rings is 1. The van der Waals surface area contributed by atoms with Crippen molar-refractivity contribution in [1.82, 2.24) is 9.21 Å². The maximum Gasteiger partial charge on any atom is 0.243 e. The highest BCUT2D eigenvalue weighted by Crippen LogP contribution is 2.29. The summed E-state index contributed by atoms with van der Waals surface area (Å²) >= 11 is 0. The molecule has 1 aromatic rings. The minimum atomic E-state index is -3.54. The van der Waals surface area contributed by atoms with Crippen LogP contribution in [0.2, 0.25) is 0 Å². The van der Waals surface area contributed by atoms with Gasteiger partial charge in [0.15, 0.2) is 0 Å². The standard InChI is InChI=1S/C23H38N2O3S/c1-7-9-12-25(20(6)8-2)23(26)21-10-13-24(14-11-21)29(27,28)22-18(4)15-17(3)16-19(22)5/h15-16,20-21H,7-14H2,1-6H3. The molecule has 1 heterocycles. The van der Waals surface area contributed by atoms with Crippen LogP contribution in [0, 0.1) is 26.7 Å². The molecule has 0 saturated carbocycles. The van der Waals surface area contributed by atoms with Gasteiger partial charge in [0.2, 0.25) is 15.9 Å². The van der Waals surface area contributed by atoms with Gasteiger partial charge in [-0.1, -0.05) is 38.0 Å². The molecule has 1 saturated heterocycles. The van der Waals surface area contributed by atoms with Crippen LogP contribution in [0.5, 0.6) is 0 Å². The average Bonchev–Trinajstić information content (AvgIpc) is 2.66. The van der Waals surface area contributed by atoms with Crippen LogP contribution in [-0.4, -0.2) is 49.2 Å². The molecule has 1 atom stereocenters. The van der Waals surface area contributed by atoms with Crippen molar-refractivity contribution in [1.29, 1.82) is 0 Å². The lowest BCUT2D eigenvalue weighted by atomic mass is 9.95. The quantitative estimate of drug-likeness (QED) is 0.622. The van der Waals surface area contributed by atoms with Crippen LogP contribution < -0.4 is 0 Å². The number of carbonyl (C=O) groups excluding carboxylic acids is 1. The molecule has 29 heavy (non-hydrogen) atoms. The highest BCUT2D eigenvalue weighted by Gasteiger charge is 2.35. The first-order chi connectivity index (χ1) is 13.6. The molecule has 1 fully saturated rings. The van der Waals surface area contributed by atoms with Gasteiger partial charge in [0, 0.05) is 31.6 Å². The summed E-state index contributed by atoms with van der Waals surface area (Å²) in [6.45, 7) is 13.7. The highest BCUT2D eigenvalue weighted by molar-refractivity contribution is 7.89. The smallest absolute Gasteiger partial charge is 0.243 e. The molecule has 164 valence electrons. The third-order valence-electron chi connectivity index (χ3n) is 6.16. The Kier molecular flexibility index (Phi) is 8.29. The summed E-state index contributed by atoms with van der Waals surface area (Å²) < 4.78 is 28.1. The molecule has 0 bridgehead atoms. The zero-order valence-electron chi connectivity index (χ0n) is 19.0. The molecule has 1 aromatic carbocycles. The molecule has 0 aliphatic carbocycles. The number of amides is 1. The van der Waals surface area contributed by atoms with Gasteiger partial charge in [-0.25, -0.2) is 8.42 Å². The van der Waals surface area contributed by atoms with E-state index >= 15 is 0 Å². The molecule has 0 N–H and O–H groups in total. The zero-order valence-corrected chi connectivity index (χ0v) is 19.8. The van der Waals surface area contributed by atoms with E-state index in [4.69, 9.17) is 0 Å². The molecule has 2 rings (SSSR count). The van der Waals surface area contributed by atoms with Crippen LogP contribution in [0.25, 0.3) is 0 Å². The van der Waals surface area contributed by atoms with Crippen molar-refractivity contribution in [2.45, 2.75) is 84.6 Å². The average molecular weight is 423 g/mol. The van der Waals surface area contributed by atoms with E-state index in [0.29, 0.717) is 30.8 Å². The minimum Gasteiger partial charge on any atom is -0.340 e. The maximum absolute atomic E-state index is 13.3. The molecule has 0 spiro atoms. The molecule has 1 amide bonds. The topological polar surface area (TPSA) is 57.7 Å². The van der Waals surface area contributed by atoms with Crippen LogP contribution in [0.4, 0.5) is 0 Å². The summed E-state index contributed by atoms with van der Waals surface area (Å²) in [6.07, 6.45) is 4.21. The Hall–Kier alpha value is -1.40. The molecule has 6 heteroatoms. The van der Waals surface area contributed by atoms with Crippen molar-refractivity contribution in [2.75, 3.05) is 19.6 Å². The number of hydrogen-bond donors (Lipinski definition) is 0. The Morgan fingerprint density at radius 2 is 1.69 bits per heavy atom. The first kappa shape index (κ1) is 23.9. The summed E-state index contributed by atoms with van der Waals surface area (Å²) in [5, 5.41) is 0. The predicted molar refractivity (Wildman–Crippen MR) is 119 cm³/mol. The number of benzene rings is 1. The summed E-state index contributed by atoms with van der Waals surface area (Å²) in [4.78, 5) is 15.6. The Balaban J connectivity index is 2.12. The first-order valence-electron chi connectivity index (χ1n) is 11.0. The summed E-state index contributed by atoms with van der Waals surface area (Å²) in [5.74, 6) is 0.125. The maximum atomic E-state index is 13.3. The number of sulfonamides is 1. The zero-order chi connectivity index (χ0) is 21.8. The van der Waals surface area contributed by atoms with Crippen LogP contribution in [0.1, 0.15) is 69.6 Å². The van der Waals surface area contributed by atoms with E-state index in [1.807, 2.05) is 37.8 Å². The molecular formula is C23H38N2O3S. The number of hydrogen-bond acceptors (Lipinski definition) is 3. The normalized spacial score (nSPS) is 17.3. The van der Waals surface area contributed by atoms with E-state index in [1.165, 1.54) is 0 Å². The lowest BCUT2D eigenvalue weighted by molar-refractivity contribution is -0.139. The van der Waals surface area contributed by atoms with Gasteiger partial charge in [-0.05, 0) is 64.5 Å². The fraction of sp³-hybridized carbons (Fsp3) is 0.696. The number of aryl methyl sites for hydroxylation is 3. The van der Waals surface area contributed by atoms with Crippen molar-refractivity contribution in [2.24, 2.45) is 5.92 Å². The first-order valence-corrected chi connectivity index (χ1v) is 12.5. The van der Waals surface area contributed by atoms with Gasteiger partial charge < -0.3 is 4.90 Å². The summed E-state index contributed by atoms with van der Waals surface area (Å²) in [5.41, 5.74) is 2.66. The lowest BCUT2D eigenvalue weighted by Crippen LogP contribution is -2.47. The van der Waals surface area contributed by atoms with Crippen LogP contribution in [0.15, 0.2) is 17.0 Å². The predicted octanol–water partition coefficient (Wildman–Crippen LogP) is 4.44. The third-order valence-corrected chi connectivity index (χ3v) is 8.37. The second-order valence-electron chi connectivity index (χ2n) is 8.55. The van der Waals surface area contributed by atoms with Gasteiger partial charge in [0.05, 0.1) is 4.90 Å². The molecule has 1 unspecified atom stereocenters. The molecule has 1 aliphatic heterocycles. The van der Waals surface area contributed by atoms with Gasteiger partial charge in [-0.3, -0.25) is 4.79 Å². The van der Waals surface area contributed by atoms with Crippen molar-refractivity contribution in [3.8, 4) is 0 Å². The number of carbonyl (C=O) groups is 1. The fourth-order valence-corrected chi connectivity index (χ4v) is 6.26. The second-order valence-corrected chi connectivity index (χ2v) is 10.4. The summed E-state index contributed by atoms with van der Waals surface area (Å²) in [6, 6.07) is 4.08. The van der Waals surface area contributed by atoms with E-state index < -0.39 is 10.0 Å². The van der Waals surface area contributed by atoms with E-state index in [1.54, 1.807) is 4.31 Å². The van der Waals surface area contributed by atoms with Gasteiger partial charge in [0.1, 0.15) is 0 Å². The minimum absolute atomic E-state index is 0.0764.